The highest BCUT2D eigenvalue weighted by atomic mass is 79.9. The molecule has 0 bridgehead atoms. The van der Waals surface area contributed by atoms with Crippen molar-refractivity contribution in [2.75, 3.05) is 0 Å². The van der Waals surface area contributed by atoms with Crippen LogP contribution in [0.4, 0.5) is 0 Å². The molecule has 2 nitrogen and oxygen atoms in total. The summed E-state index contributed by atoms with van der Waals surface area (Å²) in [6.07, 6.45) is 1.72. The highest BCUT2D eigenvalue weighted by Gasteiger charge is 2.23. The summed E-state index contributed by atoms with van der Waals surface area (Å²) >= 11 is 3.36. The van der Waals surface area contributed by atoms with Gasteiger partial charge in [-0.1, -0.05) is 48.8 Å². The second-order valence-electron chi connectivity index (χ2n) is 4.67. The minimum atomic E-state index is -0.868. The molecule has 16 heavy (non-hydrogen) atoms. The van der Waals surface area contributed by atoms with Crippen molar-refractivity contribution in [3.63, 3.8) is 0 Å². The van der Waals surface area contributed by atoms with E-state index >= 15 is 0 Å². The van der Waals surface area contributed by atoms with Crippen molar-refractivity contribution < 1.29 is 9.90 Å². The van der Waals surface area contributed by atoms with Gasteiger partial charge in [0, 0.05) is 10.0 Å². The van der Waals surface area contributed by atoms with Gasteiger partial charge in [0.2, 0.25) is 0 Å². The van der Waals surface area contributed by atoms with Gasteiger partial charge in [0.1, 0.15) is 0 Å². The van der Waals surface area contributed by atoms with Gasteiger partial charge in [0.25, 0.3) is 0 Å². The predicted molar refractivity (Wildman–Crippen MR) is 69.2 cm³/mol. The summed E-state index contributed by atoms with van der Waals surface area (Å²) < 4.78 is 0.944. The summed E-state index contributed by atoms with van der Waals surface area (Å²) in [5.74, 6) is -0.868. The molecule has 1 N–H and O–H groups in total. The van der Waals surface area contributed by atoms with Gasteiger partial charge >= 0.3 is 5.97 Å². The van der Waals surface area contributed by atoms with Gasteiger partial charge in [-0.2, -0.15) is 0 Å². The molecule has 0 saturated carbocycles. The van der Waals surface area contributed by atoms with Crippen LogP contribution in [0.2, 0.25) is 0 Å². The molecule has 0 radical (unpaired) electrons. The molecular formula is C13H15BrO2. The zero-order chi connectivity index (χ0) is 12.3. The molecule has 0 unspecified atom stereocenters. The first-order valence-corrected chi connectivity index (χ1v) is 5.81. The summed E-state index contributed by atoms with van der Waals surface area (Å²) in [6, 6.07) is 7.58. The summed E-state index contributed by atoms with van der Waals surface area (Å²) in [4.78, 5) is 11.2. The van der Waals surface area contributed by atoms with Crippen LogP contribution in [0, 0.1) is 5.41 Å². The van der Waals surface area contributed by atoms with E-state index in [9.17, 15) is 4.79 Å². The lowest BCUT2D eigenvalue weighted by molar-refractivity contribution is -0.133. The fourth-order valence-corrected chi connectivity index (χ4v) is 1.78. The van der Waals surface area contributed by atoms with Crippen LogP contribution in [-0.2, 0) is 4.79 Å². The normalized spacial score (nSPS) is 12.6. The molecular weight excluding hydrogens is 268 g/mol. The van der Waals surface area contributed by atoms with Crippen LogP contribution in [0.5, 0.6) is 0 Å². The number of aliphatic carboxylic acids is 1. The Balaban J connectivity index is 3.18. The van der Waals surface area contributed by atoms with Crippen molar-refractivity contribution >= 4 is 28.0 Å². The summed E-state index contributed by atoms with van der Waals surface area (Å²) in [6.45, 7) is 5.68. The van der Waals surface area contributed by atoms with Gasteiger partial charge in [0.05, 0.1) is 0 Å². The number of benzene rings is 1. The molecule has 3 heteroatoms. The van der Waals surface area contributed by atoms with E-state index in [4.69, 9.17) is 5.11 Å². The lowest BCUT2D eigenvalue weighted by atomic mass is 9.85. The van der Waals surface area contributed by atoms with Crippen molar-refractivity contribution in [2.24, 2.45) is 5.41 Å². The highest BCUT2D eigenvalue weighted by molar-refractivity contribution is 9.10. The summed E-state index contributed by atoms with van der Waals surface area (Å²) in [7, 11) is 0. The molecule has 0 heterocycles. The number of rotatable bonds is 2. The third kappa shape index (κ3) is 3.49. The van der Waals surface area contributed by atoms with Crippen molar-refractivity contribution in [2.45, 2.75) is 20.8 Å². The van der Waals surface area contributed by atoms with Crippen LogP contribution in [0.3, 0.4) is 0 Å². The van der Waals surface area contributed by atoms with Crippen LogP contribution < -0.4 is 0 Å². The van der Waals surface area contributed by atoms with Crippen LogP contribution in [0.15, 0.2) is 34.3 Å². The van der Waals surface area contributed by atoms with E-state index in [1.807, 2.05) is 45.0 Å². The molecule has 0 amide bonds. The quantitative estimate of drug-likeness (QED) is 0.834. The minimum absolute atomic E-state index is 0.367. The van der Waals surface area contributed by atoms with E-state index in [-0.39, 0.29) is 5.41 Å². The number of carboxylic acid groups (broad SMARTS) is 1. The Bertz CT molecular complexity index is 428. The van der Waals surface area contributed by atoms with E-state index in [2.05, 4.69) is 15.9 Å². The number of hydrogen-bond donors (Lipinski definition) is 1. The SMILES string of the molecule is CC(C)(C)C(=Cc1cccc(Br)c1)C(=O)O. The largest absolute Gasteiger partial charge is 0.478 e. The molecule has 0 saturated heterocycles. The van der Waals surface area contributed by atoms with E-state index in [1.54, 1.807) is 6.08 Å². The molecule has 1 rings (SSSR count). The number of hydrogen-bond acceptors (Lipinski definition) is 1. The fraction of sp³-hybridized carbons (Fsp3) is 0.308. The average Bonchev–Trinajstić information content (AvgIpc) is 2.12. The molecule has 0 aromatic heterocycles. The predicted octanol–water partition coefficient (Wildman–Crippen LogP) is 3.96. The van der Waals surface area contributed by atoms with Crippen molar-refractivity contribution in [1.82, 2.24) is 0 Å². The van der Waals surface area contributed by atoms with E-state index in [1.165, 1.54) is 0 Å². The van der Waals surface area contributed by atoms with Gasteiger partial charge < -0.3 is 5.11 Å². The topological polar surface area (TPSA) is 37.3 Å². The van der Waals surface area contributed by atoms with Crippen LogP contribution in [0.1, 0.15) is 26.3 Å². The van der Waals surface area contributed by atoms with E-state index in [0.717, 1.165) is 10.0 Å². The maximum atomic E-state index is 11.2. The Morgan fingerprint density at radius 1 is 1.38 bits per heavy atom. The number of halogens is 1. The highest BCUT2D eigenvalue weighted by Crippen LogP contribution is 2.27. The minimum Gasteiger partial charge on any atom is -0.478 e. The molecule has 0 aliphatic rings. The van der Waals surface area contributed by atoms with E-state index in [0.29, 0.717) is 5.57 Å². The molecule has 1 aromatic rings. The first-order valence-electron chi connectivity index (χ1n) is 5.02. The maximum absolute atomic E-state index is 11.2. The second kappa shape index (κ2) is 4.83. The zero-order valence-corrected chi connectivity index (χ0v) is 11.2. The lowest BCUT2D eigenvalue weighted by Gasteiger charge is -2.19. The van der Waals surface area contributed by atoms with Crippen LogP contribution in [0.25, 0.3) is 6.08 Å². The molecule has 0 spiro atoms. The van der Waals surface area contributed by atoms with Gasteiger partial charge in [-0.15, -0.1) is 0 Å². The maximum Gasteiger partial charge on any atom is 0.332 e. The molecule has 1 aromatic carbocycles. The van der Waals surface area contributed by atoms with Crippen LogP contribution >= 0.6 is 15.9 Å². The van der Waals surface area contributed by atoms with Gasteiger partial charge in [0.15, 0.2) is 0 Å². The Morgan fingerprint density at radius 3 is 2.44 bits per heavy atom. The molecule has 0 fully saturated rings. The molecule has 86 valence electrons. The van der Waals surface area contributed by atoms with Gasteiger partial charge in [-0.3, -0.25) is 0 Å². The number of carboxylic acids is 1. The van der Waals surface area contributed by atoms with Gasteiger partial charge in [-0.05, 0) is 29.2 Å². The second-order valence-corrected chi connectivity index (χ2v) is 5.58. The van der Waals surface area contributed by atoms with Crippen molar-refractivity contribution in [3.8, 4) is 0 Å². The van der Waals surface area contributed by atoms with Crippen molar-refractivity contribution in [1.29, 1.82) is 0 Å². The summed E-state index contributed by atoms with van der Waals surface area (Å²) in [5.41, 5.74) is 0.932. The van der Waals surface area contributed by atoms with E-state index < -0.39 is 5.97 Å². The van der Waals surface area contributed by atoms with Crippen LogP contribution in [-0.4, -0.2) is 11.1 Å². The Hall–Kier alpha value is -1.09. The summed E-state index contributed by atoms with van der Waals surface area (Å²) in [5, 5.41) is 9.16. The Morgan fingerprint density at radius 2 is 2.00 bits per heavy atom. The first-order chi connectivity index (χ1) is 7.30. The van der Waals surface area contributed by atoms with Crippen molar-refractivity contribution in [3.05, 3.63) is 39.9 Å². The zero-order valence-electron chi connectivity index (χ0n) is 9.62. The van der Waals surface area contributed by atoms with Gasteiger partial charge in [-0.25, -0.2) is 4.79 Å². The third-order valence-corrected chi connectivity index (χ3v) is 2.69. The lowest BCUT2D eigenvalue weighted by Crippen LogP contribution is -2.17. The average molecular weight is 283 g/mol. The standard InChI is InChI=1S/C13H15BrO2/c1-13(2,3)11(12(15)16)8-9-5-4-6-10(14)7-9/h4-8H,1-3H3,(H,15,16). The third-order valence-electron chi connectivity index (χ3n) is 2.20. The Kier molecular flexibility index (Phi) is 3.92. The smallest absolute Gasteiger partial charge is 0.332 e. The number of carbonyl (C=O) groups is 1. The molecule has 0 atom stereocenters. The molecule has 0 aliphatic carbocycles. The monoisotopic (exact) mass is 282 g/mol. The fourth-order valence-electron chi connectivity index (χ4n) is 1.36. The molecule has 0 aliphatic heterocycles. The Labute approximate surface area is 104 Å². The first kappa shape index (κ1) is 13.0.